The van der Waals surface area contributed by atoms with Crippen molar-refractivity contribution in [3.63, 3.8) is 0 Å². The zero-order valence-electron chi connectivity index (χ0n) is 11.9. The van der Waals surface area contributed by atoms with Crippen LogP contribution in [0.1, 0.15) is 24.2 Å². The highest BCUT2D eigenvalue weighted by Crippen LogP contribution is 2.29. The molecule has 8 heteroatoms. The van der Waals surface area contributed by atoms with Gasteiger partial charge in [0.05, 0.1) is 36.3 Å². The Balaban J connectivity index is 3.32. The van der Waals surface area contributed by atoms with E-state index in [4.69, 9.17) is 0 Å². The molecule has 0 bridgehead atoms. The van der Waals surface area contributed by atoms with E-state index in [1.54, 1.807) is 0 Å². The van der Waals surface area contributed by atoms with E-state index < -0.39 is 34.0 Å². The van der Waals surface area contributed by atoms with Crippen LogP contribution < -0.4 is 5.32 Å². The van der Waals surface area contributed by atoms with Gasteiger partial charge in [0.25, 0.3) is 5.69 Å². The molecule has 0 heterocycles. The highest BCUT2D eigenvalue weighted by Gasteiger charge is 2.24. The molecule has 0 saturated carbocycles. The van der Waals surface area contributed by atoms with Crippen molar-refractivity contribution in [2.45, 2.75) is 19.9 Å². The van der Waals surface area contributed by atoms with Gasteiger partial charge in [-0.05, 0) is 12.0 Å². The Morgan fingerprint density at radius 1 is 1.52 bits per heavy atom. The minimum atomic E-state index is -1.04. The van der Waals surface area contributed by atoms with Crippen LogP contribution in [0.2, 0.25) is 0 Å². The summed E-state index contributed by atoms with van der Waals surface area (Å²) >= 11 is 0. The number of nitrogens with one attached hydrogen (secondary N) is 1. The van der Waals surface area contributed by atoms with Gasteiger partial charge in [0.2, 0.25) is 0 Å². The normalized spacial score (nSPS) is 12.1. The van der Waals surface area contributed by atoms with Gasteiger partial charge in [-0.2, -0.15) is 0 Å². The molecule has 0 aliphatic heterocycles. The lowest BCUT2D eigenvalue weighted by atomic mass is 10.0. The number of carbonyl (C=O) groups is 1. The first-order valence-corrected chi connectivity index (χ1v) is 6.25. The fourth-order valence-corrected chi connectivity index (χ4v) is 1.72. The first-order chi connectivity index (χ1) is 9.81. The molecule has 0 aliphatic rings. The summed E-state index contributed by atoms with van der Waals surface area (Å²) in [4.78, 5) is 21.7. The third-order valence-electron chi connectivity index (χ3n) is 3.03. The number of benzene rings is 1. The molecular weight excluding hydrogens is 283 g/mol. The number of rotatable bonds is 6. The average molecular weight is 300 g/mol. The van der Waals surface area contributed by atoms with E-state index in [0.717, 1.165) is 13.2 Å². The summed E-state index contributed by atoms with van der Waals surface area (Å²) in [6, 6.07) is 1.20. The second kappa shape index (κ2) is 6.98. The maximum atomic E-state index is 13.7. The van der Waals surface area contributed by atoms with E-state index in [2.05, 4.69) is 10.1 Å². The number of nitro groups is 1. The lowest BCUT2D eigenvalue weighted by molar-refractivity contribution is -0.384. The number of nitro benzene ring substituents is 1. The van der Waals surface area contributed by atoms with Crippen LogP contribution in [0, 0.1) is 21.8 Å². The lowest BCUT2D eigenvalue weighted by Crippen LogP contribution is -2.30. The third kappa shape index (κ3) is 3.88. The fourth-order valence-electron chi connectivity index (χ4n) is 1.72. The molecule has 0 aromatic heterocycles. The van der Waals surface area contributed by atoms with Gasteiger partial charge in [-0.3, -0.25) is 10.1 Å². The van der Waals surface area contributed by atoms with Crippen LogP contribution in [0.4, 0.5) is 15.8 Å². The number of esters is 1. The maximum Gasteiger partial charge on any atom is 0.340 e. The highest BCUT2D eigenvalue weighted by molar-refractivity contribution is 5.92. The van der Waals surface area contributed by atoms with E-state index >= 15 is 0 Å². The molecule has 0 aliphatic carbocycles. The first-order valence-electron chi connectivity index (χ1n) is 6.25. The Morgan fingerprint density at radius 3 is 2.57 bits per heavy atom. The zero-order chi connectivity index (χ0) is 16.2. The van der Waals surface area contributed by atoms with Gasteiger partial charge in [0.15, 0.2) is 0 Å². The quantitative estimate of drug-likeness (QED) is 0.473. The van der Waals surface area contributed by atoms with E-state index in [1.165, 1.54) is 0 Å². The Labute approximate surface area is 120 Å². The second-order valence-electron chi connectivity index (χ2n) is 4.78. The second-order valence-corrected chi connectivity index (χ2v) is 4.78. The Bertz CT molecular complexity index is 548. The van der Waals surface area contributed by atoms with Crippen LogP contribution in [0.25, 0.3) is 0 Å². The van der Waals surface area contributed by atoms with Gasteiger partial charge < -0.3 is 15.2 Å². The predicted molar refractivity (Wildman–Crippen MR) is 73.7 cm³/mol. The Morgan fingerprint density at radius 2 is 2.14 bits per heavy atom. The molecule has 0 radical (unpaired) electrons. The number of halogens is 1. The molecule has 1 atom stereocenters. The van der Waals surface area contributed by atoms with Crippen LogP contribution in [0.5, 0.6) is 0 Å². The number of methoxy groups -OCH3 is 1. The smallest absolute Gasteiger partial charge is 0.340 e. The minimum Gasteiger partial charge on any atom is -0.465 e. The van der Waals surface area contributed by atoms with E-state index in [1.807, 2.05) is 13.8 Å². The first kappa shape index (κ1) is 16.8. The van der Waals surface area contributed by atoms with Crippen molar-refractivity contribution in [2.24, 2.45) is 5.92 Å². The fraction of sp³-hybridized carbons (Fsp3) is 0.462. The predicted octanol–water partition coefficient (Wildman–Crippen LogP) is 1.95. The van der Waals surface area contributed by atoms with E-state index in [-0.39, 0.29) is 18.2 Å². The van der Waals surface area contributed by atoms with Crippen molar-refractivity contribution < 1.29 is 24.0 Å². The molecule has 1 rings (SSSR count). The number of carbonyl (C=O) groups excluding carboxylic acids is 1. The number of aliphatic hydroxyl groups is 1. The highest BCUT2D eigenvalue weighted by atomic mass is 19.1. The summed E-state index contributed by atoms with van der Waals surface area (Å²) in [6.07, 6.45) is 0. The van der Waals surface area contributed by atoms with Crippen molar-refractivity contribution >= 4 is 17.3 Å². The molecule has 0 spiro atoms. The Hall–Kier alpha value is -2.22. The molecule has 1 aromatic rings. The lowest BCUT2D eigenvalue weighted by Gasteiger charge is -2.21. The molecule has 7 nitrogen and oxygen atoms in total. The Kier molecular flexibility index (Phi) is 5.60. The number of aliphatic hydroxyl groups excluding tert-OH is 1. The van der Waals surface area contributed by atoms with Crippen molar-refractivity contribution in [2.75, 3.05) is 19.0 Å². The summed E-state index contributed by atoms with van der Waals surface area (Å²) in [7, 11) is 1.08. The summed E-state index contributed by atoms with van der Waals surface area (Å²) < 4.78 is 18.1. The van der Waals surface area contributed by atoms with Crippen molar-refractivity contribution in [3.05, 3.63) is 33.6 Å². The van der Waals surface area contributed by atoms with Gasteiger partial charge in [-0.1, -0.05) is 13.8 Å². The molecule has 2 N–H and O–H groups in total. The summed E-state index contributed by atoms with van der Waals surface area (Å²) in [5, 5.41) is 23.0. The van der Waals surface area contributed by atoms with Crippen molar-refractivity contribution in [3.8, 4) is 0 Å². The number of anilines is 1. The minimum absolute atomic E-state index is 0.0266. The molecule has 1 unspecified atom stereocenters. The monoisotopic (exact) mass is 300 g/mol. The van der Waals surface area contributed by atoms with Gasteiger partial charge in [0.1, 0.15) is 11.5 Å². The number of ether oxygens (including phenoxy) is 1. The molecule has 0 fully saturated rings. The van der Waals surface area contributed by atoms with Crippen LogP contribution in [-0.2, 0) is 4.74 Å². The van der Waals surface area contributed by atoms with Gasteiger partial charge in [-0.25, -0.2) is 9.18 Å². The number of hydrogen-bond donors (Lipinski definition) is 2. The summed E-state index contributed by atoms with van der Waals surface area (Å²) in [6.45, 7) is 3.36. The molecule has 21 heavy (non-hydrogen) atoms. The number of hydrogen-bond acceptors (Lipinski definition) is 6. The topological polar surface area (TPSA) is 102 Å². The number of nitrogens with zero attached hydrogens (tertiary/aromatic N) is 1. The molecule has 0 amide bonds. The average Bonchev–Trinajstić information content (AvgIpc) is 2.44. The van der Waals surface area contributed by atoms with Crippen molar-refractivity contribution in [1.82, 2.24) is 0 Å². The van der Waals surface area contributed by atoms with Gasteiger partial charge in [0, 0.05) is 0 Å². The maximum absolute atomic E-state index is 13.7. The van der Waals surface area contributed by atoms with Crippen LogP contribution >= 0.6 is 0 Å². The molecule has 116 valence electrons. The van der Waals surface area contributed by atoms with Crippen LogP contribution in [0.15, 0.2) is 12.1 Å². The summed E-state index contributed by atoms with van der Waals surface area (Å²) in [5.41, 5.74) is -0.972. The molecule has 1 aromatic carbocycles. The standard InChI is InChI=1S/C13H17FN2O5/c1-7(2)11(6-17)15-10-4-8(13(18)21-3)9(14)5-12(10)16(19)20/h4-5,7,11,15,17H,6H2,1-3H3. The van der Waals surface area contributed by atoms with Crippen LogP contribution in [0.3, 0.4) is 0 Å². The molecular formula is C13H17FN2O5. The van der Waals surface area contributed by atoms with Crippen molar-refractivity contribution in [1.29, 1.82) is 0 Å². The zero-order valence-corrected chi connectivity index (χ0v) is 11.9. The van der Waals surface area contributed by atoms with E-state index in [0.29, 0.717) is 6.07 Å². The van der Waals surface area contributed by atoms with E-state index in [9.17, 15) is 24.4 Å². The van der Waals surface area contributed by atoms with Gasteiger partial charge in [-0.15, -0.1) is 0 Å². The summed E-state index contributed by atoms with van der Waals surface area (Å²) in [5.74, 6) is -2.00. The largest absolute Gasteiger partial charge is 0.465 e. The third-order valence-corrected chi connectivity index (χ3v) is 3.03. The molecule has 0 saturated heterocycles. The SMILES string of the molecule is COC(=O)c1cc(NC(CO)C(C)C)c([N+](=O)[O-])cc1F. The van der Waals surface area contributed by atoms with Gasteiger partial charge >= 0.3 is 5.97 Å². The van der Waals surface area contributed by atoms with Crippen LogP contribution in [-0.4, -0.2) is 35.8 Å².